The first-order valence-electron chi connectivity index (χ1n) is 6.84. The van der Waals surface area contributed by atoms with E-state index in [0.29, 0.717) is 18.7 Å². The Hall–Kier alpha value is -1.92. The zero-order chi connectivity index (χ0) is 16.1. The topological polar surface area (TPSA) is 71.2 Å². The lowest BCUT2D eigenvalue weighted by Gasteiger charge is -2.04. The van der Waals surface area contributed by atoms with Gasteiger partial charge in [-0.1, -0.05) is 22.0 Å². The fraction of sp³-hybridized carbons (Fsp3) is 0.250. The minimum absolute atomic E-state index is 0.205. The van der Waals surface area contributed by atoms with Gasteiger partial charge in [-0.05, 0) is 31.2 Å². The van der Waals surface area contributed by atoms with Crippen molar-refractivity contribution in [1.82, 2.24) is 10.3 Å². The Bertz CT molecular complexity index is 734. The van der Waals surface area contributed by atoms with Crippen LogP contribution in [0, 0.1) is 0 Å². The zero-order valence-electron chi connectivity index (χ0n) is 12.4. The molecule has 0 atom stereocenters. The quantitative estimate of drug-likeness (QED) is 0.470. The highest BCUT2D eigenvalue weighted by Gasteiger charge is 2.21. The standard InChI is InChI=1S/C16H17BrN2O3/c1-3-4-13(20)14-11-9-10(17)5-6-12(11)19-15(14)16(21)18-7-8-22-2/h3-6,9,19H,7-8H2,1-2H3,(H,18,21)/b4-3+. The summed E-state index contributed by atoms with van der Waals surface area (Å²) in [6.45, 7) is 2.56. The second-order valence-corrected chi connectivity index (χ2v) is 5.59. The molecule has 0 radical (unpaired) electrons. The molecule has 2 N–H and O–H groups in total. The summed E-state index contributed by atoms with van der Waals surface area (Å²) in [6, 6.07) is 5.52. The number of carbonyl (C=O) groups is 2. The fourth-order valence-electron chi connectivity index (χ4n) is 2.18. The van der Waals surface area contributed by atoms with Crippen LogP contribution < -0.4 is 5.32 Å². The van der Waals surface area contributed by atoms with Crippen LogP contribution in [0.4, 0.5) is 0 Å². The summed E-state index contributed by atoms with van der Waals surface area (Å²) in [5, 5.41) is 3.45. The van der Waals surface area contributed by atoms with Crippen molar-refractivity contribution in [2.24, 2.45) is 0 Å². The molecule has 0 aliphatic carbocycles. The lowest BCUT2D eigenvalue weighted by Crippen LogP contribution is -2.28. The van der Waals surface area contributed by atoms with E-state index < -0.39 is 0 Å². The third-order valence-corrected chi connectivity index (χ3v) is 3.64. The van der Waals surface area contributed by atoms with Crippen molar-refractivity contribution < 1.29 is 14.3 Å². The number of hydrogen-bond acceptors (Lipinski definition) is 3. The zero-order valence-corrected chi connectivity index (χ0v) is 14.0. The number of ether oxygens (including phenoxy) is 1. The van der Waals surface area contributed by atoms with Gasteiger partial charge in [0.15, 0.2) is 5.78 Å². The molecule has 116 valence electrons. The maximum atomic E-state index is 12.4. The van der Waals surface area contributed by atoms with Crippen LogP contribution in [0.25, 0.3) is 10.9 Å². The molecule has 22 heavy (non-hydrogen) atoms. The van der Waals surface area contributed by atoms with Gasteiger partial charge in [0.2, 0.25) is 0 Å². The van der Waals surface area contributed by atoms with Crippen LogP contribution in [0.1, 0.15) is 27.8 Å². The van der Waals surface area contributed by atoms with Gasteiger partial charge < -0.3 is 15.0 Å². The fourth-order valence-corrected chi connectivity index (χ4v) is 2.54. The molecule has 0 spiro atoms. The van der Waals surface area contributed by atoms with E-state index in [0.717, 1.165) is 15.4 Å². The summed E-state index contributed by atoms with van der Waals surface area (Å²) < 4.78 is 5.76. The van der Waals surface area contributed by atoms with Crippen LogP contribution in [-0.4, -0.2) is 36.9 Å². The highest BCUT2D eigenvalue weighted by atomic mass is 79.9. The summed E-state index contributed by atoms with van der Waals surface area (Å²) in [4.78, 5) is 27.7. The number of hydrogen-bond donors (Lipinski definition) is 2. The molecule has 1 heterocycles. The van der Waals surface area contributed by atoms with Gasteiger partial charge in [-0.25, -0.2) is 0 Å². The molecule has 0 saturated heterocycles. The molecular formula is C16H17BrN2O3. The summed E-state index contributed by atoms with van der Waals surface area (Å²) >= 11 is 3.39. The van der Waals surface area contributed by atoms with Gasteiger partial charge in [-0.2, -0.15) is 0 Å². The van der Waals surface area contributed by atoms with Crippen molar-refractivity contribution in [1.29, 1.82) is 0 Å². The molecule has 6 heteroatoms. The monoisotopic (exact) mass is 364 g/mol. The number of nitrogens with one attached hydrogen (secondary N) is 2. The predicted molar refractivity (Wildman–Crippen MR) is 89.4 cm³/mol. The van der Waals surface area contributed by atoms with Crippen molar-refractivity contribution >= 4 is 38.5 Å². The minimum Gasteiger partial charge on any atom is -0.383 e. The van der Waals surface area contributed by atoms with Gasteiger partial charge in [-0.3, -0.25) is 9.59 Å². The lowest BCUT2D eigenvalue weighted by molar-refractivity contribution is 0.0924. The maximum Gasteiger partial charge on any atom is 0.268 e. The predicted octanol–water partition coefficient (Wildman–Crippen LogP) is 3.07. The molecule has 5 nitrogen and oxygen atoms in total. The molecule has 0 fully saturated rings. The molecule has 0 aliphatic rings. The summed E-state index contributed by atoms with van der Waals surface area (Å²) in [7, 11) is 1.56. The minimum atomic E-state index is -0.322. The first kappa shape index (κ1) is 16.5. The molecule has 0 saturated carbocycles. The highest BCUT2D eigenvalue weighted by molar-refractivity contribution is 9.10. The number of methoxy groups -OCH3 is 1. The average molecular weight is 365 g/mol. The Balaban J connectivity index is 2.50. The number of aromatic nitrogens is 1. The number of carbonyl (C=O) groups excluding carboxylic acids is 2. The van der Waals surface area contributed by atoms with Gasteiger partial charge >= 0.3 is 0 Å². The highest BCUT2D eigenvalue weighted by Crippen LogP contribution is 2.26. The SMILES string of the molecule is C/C=C/C(=O)c1c(C(=O)NCCOC)[nH]c2ccc(Br)cc12. The Morgan fingerprint density at radius 2 is 2.18 bits per heavy atom. The van der Waals surface area contributed by atoms with E-state index in [4.69, 9.17) is 4.74 Å². The number of ketones is 1. The summed E-state index contributed by atoms with van der Waals surface area (Å²) in [6.07, 6.45) is 3.11. The van der Waals surface area contributed by atoms with Gasteiger partial charge in [0.25, 0.3) is 5.91 Å². The van der Waals surface area contributed by atoms with Crippen molar-refractivity contribution in [2.45, 2.75) is 6.92 Å². The number of allylic oxidation sites excluding steroid dienone is 2. The van der Waals surface area contributed by atoms with Crippen molar-refractivity contribution in [3.8, 4) is 0 Å². The van der Waals surface area contributed by atoms with Crippen LogP contribution in [0.2, 0.25) is 0 Å². The average Bonchev–Trinajstić information content (AvgIpc) is 2.86. The van der Waals surface area contributed by atoms with Crippen LogP contribution in [0.3, 0.4) is 0 Å². The number of rotatable bonds is 6. The Morgan fingerprint density at radius 1 is 1.41 bits per heavy atom. The van der Waals surface area contributed by atoms with E-state index >= 15 is 0 Å². The number of benzene rings is 1. The number of aromatic amines is 1. The van der Waals surface area contributed by atoms with Gasteiger partial charge in [0, 0.05) is 29.0 Å². The van der Waals surface area contributed by atoms with Crippen LogP contribution in [0.5, 0.6) is 0 Å². The van der Waals surface area contributed by atoms with E-state index in [1.165, 1.54) is 6.08 Å². The van der Waals surface area contributed by atoms with Crippen molar-refractivity contribution in [2.75, 3.05) is 20.3 Å². The van der Waals surface area contributed by atoms with Gasteiger partial charge in [0.1, 0.15) is 5.69 Å². The Kier molecular flexibility index (Phi) is 5.51. The smallest absolute Gasteiger partial charge is 0.268 e. The van der Waals surface area contributed by atoms with Crippen molar-refractivity contribution in [3.05, 3.63) is 46.1 Å². The Morgan fingerprint density at radius 3 is 2.86 bits per heavy atom. The van der Waals surface area contributed by atoms with Crippen LogP contribution >= 0.6 is 15.9 Å². The second kappa shape index (κ2) is 7.38. The molecular weight excluding hydrogens is 348 g/mol. The first-order valence-corrected chi connectivity index (χ1v) is 7.63. The van der Waals surface area contributed by atoms with E-state index in [1.54, 1.807) is 20.1 Å². The Labute approximate surface area is 136 Å². The van der Waals surface area contributed by atoms with E-state index in [9.17, 15) is 9.59 Å². The van der Waals surface area contributed by atoms with Crippen LogP contribution in [0.15, 0.2) is 34.8 Å². The van der Waals surface area contributed by atoms with Crippen molar-refractivity contribution in [3.63, 3.8) is 0 Å². The summed E-state index contributed by atoms with van der Waals surface area (Å²) in [5.74, 6) is -0.527. The summed E-state index contributed by atoms with van der Waals surface area (Å²) in [5.41, 5.74) is 1.39. The normalized spacial score (nSPS) is 11.2. The number of H-pyrrole nitrogens is 1. The molecule has 0 aliphatic heterocycles. The van der Waals surface area contributed by atoms with E-state index in [1.807, 2.05) is 18.2 Å². The molecule has 1 aromatic carbocycles. The molecule has 2 aromatic rings. The number of halogens is 1. The second-order valence-electron chi connectivity index (χ2n) is 4.68. The third kappa shape index (κ3) is 3.45. The van der Waals surface area contributed by atoms with Crippen LogP contribution in [-0.2, 0) is 4.74 Å². The molecule has 1 amide bonds. The van der Waals surface area contributed by atoms with E-state index in [2.05, 4.69) is 26.2 Å². The van der Waals surface area contributed by atoms with E-state index in [-0.39, 0.29) is 17.4 Å². The molecule has 2 rings (SSSR count). The number of amides is 1. The molecule has 0 bridgehead atoms. The third-order valence-electron chi connectivity index (χ3n) is 3.14. The van der Waals surface area contributed by atoms with Gasteiger partial charge in [0.05, 0.1) is 12.2 Å². The number of fused-ring (bicyclic) bond motifs is 1. The first-order chi connectivity index (χ1) is 10.6. The maximum absolute atomic E-state index is 12.4. The molecule has 0 unspecified atom stereocenters. The largest absolute Gasteiger partial charge is 0.383 e. The lowest BCUT2D eigenvalue weighted by atomic mass is 10.1. The van der Waals surface area contributed by atoms with Gasteiger partial charge in [-0.15, -0.1) is 0 Å². The molecule has 1 aromatic heterocycles.